The molecule has 0 radical (unpaired) electrons. The number of hydrogen-bond donors (Lipinski definition) is 0. The van der Waals surface area contributed by atoms with Gasteiger partial charge < -0.3 is 4.52 Å². The van der Waals surface area contributed by atoms with E-state index in [0.717, 1.165) is 0 Å². The summed E-state index contributed by atoms with van der Waals surface area (Å²) in [4.78, 5) is 0. The van der Waals surface area contributed by atoms with Crippen molar-refractivity contribution in [2.45, 2.75) is 25.6 Å². The fraction of sp³-hybridized carbons (Fsp3) is 1.00. The molecule has 3 atom stereocenters. The van der Waals surface area contributed by atoms with E-state index in [4.69, 9.17) is 0 Å². The highest BCUT2D eigenvalue weighted by atomic mass is 31.2. The lowest BCUT2D eigenvalue weighted by Gasteiger charge is -2.24. The van der Waals surface area contributed by atoms with Gasteiger partial charge in [0.25, 0.3) is 12.8 Å². The van der Waals surface area contributed by atoms with Crippen molar-refractivity contribution in [2.24, 2.45) is 0 Å². The van der Waals surface area contributed by atoms with Crippen molar-refractivity contribution in [1.82, 2.24) is 0 Å². The fourth-order valence-corrected chi connectivity index (χ4v) is 1.55. The van der Waals surface area contributed by atoms with Gasteiger partial charge >= 0.3 is 8.60 Å². The molecule has 1 aliphatic rings. The second kappa shape index (κ2) is 5.05. The third kappa shape index (κ3) is 3.72. The van der Waals surface area contributed by atoms with Gasteiger partial charge in [-0.25, -0.2) is 17.6 Å². The van der Waals surface area contributed by atoms with Gasteiger partial charge in [0.05, 0.1) is 6.61 Å². The van der Waals surface area contributed by atoms with E-state index in [1.807, 2.05) is 0 Å². The van der Waals surface area contributed by atoms with Crippen LogP contribution in [0.25, 0.3) is 0 Å². The minimum atomic E-state index is -3.28. The zero-order valence-electron chi connectivity index (χ0n) is 6.33. The first-order chi connectivity index (χ1) is 6.09. The smallest absolute Gasteiger partial charge is 0.312 e. The van der Waals surface area contributed by atoms with Crippen LogP contribution in [0.5, 0.6) is 0 Å². The molecule has 0 aliphatic carbocycles. The number of rotatable bonds is 3. The van der Waals surface area contributed by atoms with E-state index in [0.29, 0.717) is 0 Å². The Labute approximate surface area is 73.0 Å². The van der Waals surface area contributed by atoms with Crippen LogP contribution in [0.15, 0.2) is 0 Å². The molecule has 78 valence electrons. The molecule has 1 saturated heterocycles. The average Bonchev–Trinajstić information content (AvgIpc) is 2.04. The summed E-state index contributed by atoms with van der Waals surface area (Å²) < 4.78 is 60.6. The summed E-state index contributed by atoms with van der Waals surface area (Å²) in [5.74, 6) is 0. The summed E-state index contributed by atoms with van der Waals surface area (Å²) in [6.07, 6.45) is -7.72. The Bertz CT molecular complexity index is 161. The topological polar surface area (TPSA) is 27.7 Å². The highest BCUT2D eigenvalue weighted by molar-refractivity contribution is 7.41. The zero-order chi connectivity index (χ0) is 9.84. The summed E-state index contributed by atoms with van der Waals surface area (Å²) in [7, 11) is -2.31. The first-order valence-corrected chi connectivity index (χ1v) is 4.52. The average molecular weight is 222 g/mol. The predicted octanol–water partition coefficient (Wildman–Crippen LogP) is 2.52. The minimum Gasteiger partial charge on any atom is -0.312 e. The van der Waals surface area contributed by atoms with Gasteiger partial charge in [-0.15, -0.1) is 0 Å². The molecule has 0 aromatic rings. The molecule has 1 aliphatic heterocycles. The lowest BCUT2D eigenvalue weighted by Crippen LogP contribution is -2.20. The molecule has 0 aromatic heterocycles. The molecule has 8 heteroatoms. The van der Waals surface area contributed by atoms with E-state index >= 15 is 0 Å². The van der Waals surface area contributed by atoms with Crippen molar-refractivity contribution in [3.63, 3.8) is 0 Å². The molecule has 0 bridgehead atoms. The number of halogens is 4. The fourth-order valence-electron chi connectivity index (χ4n) is 0.580. The molecule has 0 amide bonds. The van der Waals surface area contributed by atoms with Gasteiger partial charge in [-0.2, -0.15) is 0 Å². The Morgan fingerprint density at radius 1 is 1.38 bits per heavy atom. The van der Waals surface area contributed by atoms with E-state index in [9.17, 15) is 17.6 Å². The summed E-state index contributed by atoms with van der Waals surface area (Å²) >= 11 is 0. The quantitative estimate of drug-likeness (QED) is 0.542. The van der Waals surface area contributed by atoms with Gasteiger partial charge in [-0.1, -0.05) is 0 Å². The summed E-state index contributed by atoms with van der Waals surface area (Å²) in [5, 5.41) is 0. The van der Waals surface area contributed by atoms with Gasteiger partial charge in [-0.3, -0.25) is 9.05 Å². The Kier molecular flexibility index (Phi) is 4.31. The molecule has 1 heterocycles. The van der Waals surface area contributed by atoms with Gasteiger partial charge in [0.1, 0.15) is 0 Å². The minimum absolute atomic E-state index is 0.00613. The van der Waals surface area contributed by atoms with E-state index < -0.39 is 27.7 Å². The molecule has 0 spiro atoms. The Morgan fingerprint density at radius 3 is 2.62 bits per heavy atom. The molecular weight excluding hydrogens is 215 g/mol. The van der Waals surface area contributed by atoms with Crippen LogP contribution in [0.2, 0.25) is 0 Å². The van der Waals surface area contributed by atoms with Crippen molar-refractivity contribution in [1.29, 1.82) is 0 Å². The molecule has 1 fully saturated rings. The second-order valence-electron chi connectivity index (χ2n) is 2.15. The summed E-state index contributed by atoms with van der Waals surface area (Å²) in [6, 6.07) is 0. The SMILES string of the molecule is FC1CCOP(OC(F)C(F)F)O1. The van der Waals surface area contributed by atoms with Gasteiger partial charge in [0, 0.05) is 6.42 Å². The Balaban J connectivity index is 2.27. The van der Waals surface area contributed by atoms with Crippen molar-refractivity contribution in [3.8, 4) is 0 Å². The normalized spacial score (nSPS) is 32.1. The lowest BCUT2D eigenvalue weighted by atomic mass is 10.5. The van der Waals surface area contributed by atoms with E-state index in [1.165, 1.54) is 0 Å². The first-order valence-electron chi connectivity index (χ1n) is 3.42. The molecule has 13 heavy (non-hydrogen) atoms. The monoisotopic (exact) mass is 222 g/mol. The second-order valence-corrected chi connectivity index (χ2v) is 3.28. The highest BCUT2D eigenvalue weighted by Crippen LogP contribution is 2.46. The zero-order valence-corrected chi connectivity index (χ0v) is 7.22. The third-order valence-electron chi connectivity index (χ3n) is 1.13. The molecule has 3 nitrogen and oxygen atoms in total. The molecular formula is C5H7F4O3P. The van der Waals surface area contributed by atoms with Crippen LogP contribution in [0.3, 0.4) is 0 Å². The molecule has 0 aromatic carbocycles. The van der Waals surface area contributed by atoms with Crippen LogP contribution in [0.4, 0.5) is 17.6 Å². The van der Waals surface area contributed by atoms with Gasteiger partial charge in [0.15, 0.2) is 0 Å². The largest absolute Gasteiger partial charge is 0.338 e. The van der Waals surface area contributed by atoms with Crippen molar-refractivity contribution < 1.29 is 31.1 Å². The van der Waals surface area contributed by atoms with Crippen molar-refractivity contribution in [2.75, 3.05) is 6.61 Å². The van der Waals surface area contributed by atoms with Crippen molar-refractivity contribution in [3.05, 3.63) is 0 Å². The summed E-state index contributed by atoms with van der Waals surface area (Å²) in [6.45, 7) is -0.0250. The Hall–Kier alpha value is 0.0300. The maximum atomic E-state index is 12.4. The molecule has 1 rings (SSSR count). The van der Waals surface area contributed by atoms with Crippen LogP contribution in [-0.2, 0) is 13.6 Å². The maximum absolute atomic E-state index is 12.4. The van der Waals surface area contributed by atoms with Gasteiger partial charge in [-0.05, 0) is 0 Å². The van der Waals surface area contributed by atoms with Crippen molar-refractivity contribution >= 4 is 8.60 Å². The summed E-state index contributed by atoms with van der Waals surface area (Å²) in [5.41, 5.74) is 0. The van der Waals surface area contributed by atoms with Gasteiger partial charge in [0.2, 0.25) is 6.36 Å². The molecule has 0 saturated carbocycles. The van der Waals surface area contributed by atoms with Crippen LogP contribution in [0.1, 0.15) is 6.42 Å². The highest BCUT2D eigenvalue weighted by Gasteiger charge is 2.31. The van der Waals surface area contributed by atoms with Crippen LogP contribution in [-0.4, -0.2) is 25.7 Å². The number of alkyl halides is 4. The Morgan fingerprint density at radius 2 is 2.08 bits per heavy atom. The first kappa shape index (κ1) is 11.1. The predicted molar refractivity (Wildman–Crippen MR) is 35.5 cm³/mol. The lowest BCUT2D eigenvalue weighted by molar-refractivity contribution is -0.0959. The standard InChI is InChI=1S/C5H7F4O3P/c6-3-1-2-10-13(11-3)12-5(9)4(7)8/h3-5H,1-2H2. The van der Waals surface area contributed by atoms with E-state index in [2.05, 4.69) is 13.6 Å². The van der Waals surface area contributed by atoms with Crippen LogP contribution >= 0.6 is 8.60 Å². The molecule has 3 unspecified atom stereocenters. The number of hydrogen-bond acceptors (Lipinski definition) is 3. The van der Waals surface area contributed by atoms with Crippen LogP contribution < -0.4 is 0 Å². The van der Waals surface area contributed by atoms with Crippen LogP contribution in [0, 0.1) is 0 Å². The third-order valence-corrected chi connectivity index (χ3v) is 2.29. The van der Waals surface area contributed by atoms with E-state index in [-0.39, 0.29) is 13.0 Å². The molecule has 0 N–H and O–H groups in total. The maximum Gasteiger partial charge on any atom is 0.338 e. The van der Waals surface area contributed by atoms with E-state index in [1.54, 1.807) is 0 Å².